The third kappa shape index (κ3) is 2.19. The minimum atomic E-state index is 0.951. The normalized spacial score (nSPS) is 33.0. The van der Waals surface area contributed by atoms with Gasteiger partial charge in [0.2, 0.25) is 0 Å². The minimum Gasteiger partial charge on any atom is -0.159 e. The second-order valence-corrected chi connectivity index (χ2v) is 4.75. The van der Waals surface area contributed by atoms with Crippen LogP contribution in [0.2, 0.25) is 0 Å². The summed E-state index contributed by atoms with van der Waals surface area (Å²) in [5.41, 5.74) is 0. The van der Waals surface area contributed by atoms with E-state index in [0.29, 0.717) is 0 Å². The summed E-state index contributed by atoms with van der Waals surface area (Å²) in [4.78, 5) is 0. The van der Waals surface area contributed by atoms with Crippen molar-refractivity contribution in [3.05, 3.63) is 0 Å². The second kappa shape index (κ2) is 4.27. The smallest absolute Gasteiger partial charge is 0.00472 e. The van der Waals surface area contributed by atoms with Gasteiger partial charge in [-0.3, -0.25) is 0 Å². The summed E-state index contributed by atoms with van der Waals surface area (Å²) >= 11 is 2.16. The SMILES string of the molecule is CCCCC1CCSC1C. The van der Waals surface area contributed by atoms with Crippen molar-refractivity contribution in [3.8, 4) is 0 Å². The van der Waals surface area contributed by atoms with Crippen LogP contribution in [-0.4, -0.2) is 11.0 Å². The first-order chi connectivity index (χ1) is 4.84. The summed E-state index contributed by atoms with van der Waals surface area (Å²) in [7, 11) is 0. The molecule has 1 heteroatoms. The predicted octanol–water partition coefficient (Wildman–Crippen LogP) is 3.32. The van der Waals surface area contributed by atoms with Crippen LogP contribution in [0.4, 0.5) is 0 Å². The lowest BCUT2D eigenvalue weighted by Gasteiger charge is -2.12. The van der Waals surface area contributed by atoms with Crippen molar-refractivity contribution in [1.29, 1.82) is 0 Å². The van der Waals surface area contributed by atoms with Crippen LogP contribution in [0, 0.1) is 5.92 Å². The van der Waals surface area contributed by atoms with E-state index in [1.165, 1.54) is 31.4 Å². The van der Waals surface area contributed by atoms with Gasteiger partial charge in [0.05, 0.1) is 0 Å². The van der Waals surface area contributed by atoms with Gasteiger partial charge in [-0.25, -0.2) is 0 Å². The number of thioether (sulfide) groups is 1. The highest BCUT2D eigenvalue weighted by Crippen LogP contribution is 2.34. The molecule has 1 saturated heterocycles. The number of hydrogen-bond donors (Lipinski definition) is 0. The lowest BCUT2D eigenvalue weighted by atomic mass is 9.97. The van der Waals surface area contributed by atoms with Gasteiger partial charge in [-0.1, -0.05) is 26.7 Å². The van der Waals surface area contributed by atoms with Gasteiger partial charge in [0.15, 0.2) is 0 Å². The predicted molar refractivity (Wildman–Crippen MR) is 49.6 cm³/mol. The Balaban J connectivity index is 2.14. The van der Waals surface area contributed by atoms with Gasteiger partial charge in [0, 0.05) is 5.25 Å². The van der Waals surface area contributed by atoms with Crippen molar-refractivity contribution in [2.24, 2.45) is 5.92 Å². The van der Waals surface area contributed by atoms with E-state index in [0.717, 1.165) is 11.2 Å². The van der Waals surface area contributed by atoms with Crippen molar-refractivity contribution < 1.29 is 0 Å². The fourth-order valence-electron chi connectivity index (χ4n) is 1.62. The zero-order valence-corrected chi connectivity index (χ0v) is 7.91. The van der Waals surface area contributed by atoms with Gasteiger partial charge >= 0.3 is 0 Å². The van der Waals surface area contributed by atoms with Crippen molar-refractivity contribution >= 4 is 11.8 Å². The van der Waals surface area contributed by atoms with E-state index in [1.807, 2.05) is 0 Å². The molecular formula is C9H18S. The summed E-state index contributed by atoms with van der Waals surface area (Å²) in [6.07, 6.45) is 5.76. The lowest BCUT2D eigenvalue weighted by molar-refractivity contribution is 0.469. The highest BCUT2D eigenvalue weighted by molar-refractivity contribution is 8.00. The highest BCUT2D eigenvalue weighted by atomic mass is 32.2. The van der Waals surface area contributed by atoms with Crippen LogP contribution >= 0.6 is 11.8 Å². The molecule has 0 aromatic rings. The molecule has 0 radical (unpaired) electrons. The number of unbranched alkanes of at least 4 members (excludes halogenated alkanes) is 1. The molecular weight excluding hydrogens is 140 g/mol. The molecule has 0 amide bonds. The molecule has 0 spiro atoms. The van der Waals surface area contributed by atoms with Gasteiger partial charge in [0.25, 0.3) is 0 Å². The third-order valence-electron chi connectivity index (χ3n) is 2.46. The lowest BCUT2D eigenvalue weighted by Crippen LogP contribution is -2.06. The monoisotopic (exact) mass is 158 g/mol. The quantitative estimate of drug-likeness (QED) is 0.607. The van der Waals surface area contributed by atoms with Gasteiger partial charge in [-0.05, 0) is 24.5 Å². The van der Waals surface area contributed by atoms with Gasteiger partial charge < -0.3 is 0 Å². The van der Waals surface area contributed by atoms with E-state index in [1.54, 1.807) is 0 Å². The first kappa shape index (κ1) is 8.45. The van der Waals surface area contributed by atoms with Crippen molar-refractivity contribution in [3.63, 3.8) is 0 Å². The first-order valence-corrected chi connectivity index (χ1v) is 5.51. The number of hydrogen-bond acceptors (Lipinski definition) is 1. The fraction of sp³-hybridized carbons (Fsp3) is 1.00. The van der Waals surface area contributed by atoms with Crippen molar-refractivity contribution in [2.45, 2.75) is 44.8 Å². The molecule has 1 fully saturated rings. The minimum absolute atomic E-state index is 0.951. The van der Waals surface area contributed by atoms with E-state index >= 15 is 0 Å². The maximum absolute atomic E-state index is 2.39. The van der Waals surface area contributed by atoms with Crippen LogP contribution < -0.4 is 0 Å². The van der Waals surface area contributed by atoms with Gasteiger partial charge in [-0.15, -0.1) is 0 Å². The van der Waals surface area contributed by atoms with E-state index in [2.05, 4.69) is 25.6 Å². The molecule has 1 aliphatic rings. The van der Waals surface area contributed by atoms with Gasteiger partial charge in [-0.2, -0.15) is 11.8 Å². The summed E-state index contributed by atoms with van der Waals surface area (Å²) in [5.74, 6) is 2.46. The summed E-state index contributed by atoms with van der Waals surface area (Å²) < 4.78 is 0. The topological polar surface area (TPSA) is 0 Å². The Morgan fingerprint density at radius 1 is 1.50 bits per heavy atom. The average molecular weight is 158 g/mol. The Kier molecular flexibility index (Phi) is 3.61. The zero-order chi connectivity index (χ0) is 7.40. The van der Waals surface area contributed by atoms with Gasteiger partial charge in [0.1, 0.15) is 0 Å². The average Bonchev–Trinajstić information content (AvgIpc) is 2.31. The largest absolute Gasteiger partial charge is 0.159 e. The molecule has 1 heterocycles. The Morgan fingerprint density at radius 2 is 2.30 bits per heavy atom. The Bertz CT molecular complexity index is 90.7. The molecule has 60 valence electrons. The van der Waals surface area contributed by atoms with Crippen LogP contribution in [0.3, 0.4) is 0 Å². The molecule has 2 atom stereocenters. The molecule has 0 aliphatic carbocycles. The fourth-order valence-corrected chi connectivity index (χ4v) is 2.98. The van der Waals surface area contributed by atoms with E-state index in [4.69, 9.17) is 0 Å². The molecule has 1 aliphatic heterocycles. The molecule has 10 heavy (non-hydrogen) atoms. The highest BCUT2D eigenvalue weighted by Gasteiger charge is 2.22. The summed E-state index contributed by atoms with van der Waals surface area (Å²) in [6.45, 7) is 4.67. The Hall–Kier alpha value is 0.350. The molecule has 0 N–H and O–H groups in total. The molecule has 0 bridgehead atoms. The van der Waals surface area contributed by atoms with Crippen LogP contribution in [-0.2, 0) is 0 Å². The van der Waals surface area contributed by atoms with Crippen LogP contribution in [0.15, 0.2) is 0 Å². The summed E-state index contributed by atoms with van der Waals surface area (Å²) in [6, 6.07) is 0. The zero-order valence-electron chi connectivity index (χ0n) is 7.10. The van der Waals surface area contributed by atoms with E-state index in [9.17, 15) is 0 Å². The molecule has 0 aromatic heterocycles. The van der Waals surface area contributed by atoms with Crippen LogP contribution in [0.1, 0.15) is 39.5 Å². The van der Waals surface area contributed by atoms with Crippen LogP contribution in [0.5, 0.6) is 0 Å². The maximum Gasteiger partial charge on any atom is 0.00472 e. The third-order valence-corrected chi connectivity index (χ3v) is 3.84. The van der Waals surface area contributed by atoms with Crippen molar-refractivity contribution in [2.75, 3.05) is 5.75 Å². The molecule has 2 unspecified atom stereocenters. The first-order valence-electron chi connectivity index (χ1n) is 4.46. The standard InChI is InChI=1S/C9H18S/c1-3-4-5-9-6-7-10-8(9)2/h8-9H,3-7H2,1-2H3. The van der Waals surface area contributed by atoms with E-state index < -0.39 is 0 Å². The number of rotatable bonds is 3. The molecule has 1 rings (SSSR count). The van der Waals surface area contributed by atoms with E-state index in [-0.39, 0.29) is 0 Å². The molecule has 0 saturated carbocycles. The maximum atomic E-state index is 2.39. The van der Waals surface area contributed by atoms with Crippen molar-refractivity contribution in [1.82, 2.24) is 0 Å². The second-order valence-electron chi connectivity index (χ2n) is 3.27. The summed E-state index contributed by atoms with van der Waals surface area (Å²) in [5, 5.41) is 0.951. The van der Waals surface area contributed by atoms with Crippen LogP contribution in [0.25, 0.3) is 0 Å². The molecule has 0 nitrogen and oxygen atoms in total. The Labute approximate surface area is 68.8 Å². The Morgan fingerprint density at radius 3 is 2.80 bits per heavy atom. The molecule has 0 aromatic carbocycles.